The number of rotatable bonds is 4. The highest BCUT2D eigenvalue weighted by atomic mass is 35.5. The van der Waals surface area contributed by atoms with E-state index in [9.17, 15) is 22.7 Å². The van der Waals surface area contributed by atoms with Gasteiger partial charge in [0.25, 0.3) is 0 Å². The number of halogens is 2. The zero-order chi connectivity index (χ0) is 25.6. The summed E-state index contributed by atoms with van der Waals surface area (Å²) in [7, 11) is -2.40. The van der Waals surface area contributed by atoms with Gasteiger partial charge >= 0.3 is 12.0 Å². The first-order chi connectivity index (χ1) is 17.2. The lowest BCUT2D eigenvalue weighted by Crippen LogP contribution is -2.46. The number of oxazole rings is 1. The first-order valence-corrected chi connectivity index (χ1v) is 13.5. The Kier molecular flexibility index (Phi) is 6.52. The second-order valence-electron chi connectivity index (χ2n) is 9.21. The fourth-order valence-corrected chi connectivity index (χ4v) is 7.14. The molecule has 0 spiro atoms. The van der Waals surface area contributed by atoms with Gasteiger partial charge in [0, 0.05) is 25.2 Å². The Labute approximate surface area is 213 Å². The molecule has 0 bridgehead atoms. The third kappa shape index (κ3) is 4.27. The minimum Gasteiger partial charge on any atom is -0.478 e. The van der Waals surface area contributed by atoms with Crippen molar-refractivity contribution in [3.8, 4) is 11.1 Å². The van der Waals surface area contributed by atoms with Gasteiger partial charge in [-0.2, -0.15) is 4.31 Å². The van der Waals surface area contributed by atoms with Crippen molar-refractivity contribution in [3.05, 3.63) is 59.2 Å². The van der Waals surface area contributed by atoms with Gasteiger partial charge in [-0.25, -0.2) is 22.6 Å². The van der Waals surface area contributed by atoms with Crippen LogP contribution < -0.4 is 4.90 Å². The number of anilines is 2. The van der Waals surface area contributed by atoms with Gasteiger partial charge in [-0.15, -0.1) is 0 Å². The number of sulfonamides is 1. The van der Waals surface area contributed by atoms with E-state index in [1.54, 1.807) is 11.9 Å². The van der Waals surface area contributed by atoms with Crippen LogP contribution in [-0.4, -0.2) is 48.4 Å². The van der Waals surface area contributed by atoms with E-state index in [4.69, 9.17) is 16.0 Å². The van der Waals surface area contributed by atoms with E-state index in [-0.39, 0.29) is 39.0 Å². The zero-order valence-electron chi connectivity index (χ0n) is 19.5. The lowest BCUT2D eigenvalue weighted by Gasteiger charge is -2.36. The van der Waals surface area contributed by atoms with E-state index < -0.39 is 27.4 Å². The number of hydrogen-bond donors (Lipinski definition) is 1. The van der Waals surface area contributed by atoms with Gasteiger partial charge in [-0.3, -0.25) is 4.90 Å². The Morgan fingerprint density at radius 1 is 1.19 bits per heavy atom. The molecule has 3 aromatic rings. The van der Waals surface area contributed by atoms with Crippen LogP contribution in [0.2, 0.25) is 5.02 Å². The van der Waals surface area contributed by atoms with Gasteiger partial charge in [0.1, 0.15) is 17.0 Å². The highest BCUT2D eigenvalue weighted by Gasteiger charge is 2.42. The molecule has 0 amide bonds. The van der Waals surface area contributed by atoms with Crippen molar-refractivity contribution in [2.24, 2.45) is 5.92 Å². The van der Waals surface area contributed by atoms with Gasteiger partial charge in [-0.1, -0.05) is 36.9 Å². The number of nitrogens with zero attached hydrogens (tertiary/aromatic N) is 3. The van der Waals surface area contributed by atoms with Gasteiger partial charge in [0.2, 0.25) is 10.0 Å². The summed E-state index contributed by atoms with van der Waals surface area (Å²) in [5.74, 6) is -2.15. The third-order valence-corrected chi connectivity index (χ3v) is 9.41. The van der Waals surface area contributed by atoms with E-state index >= 15 is 0 Å². The van der Waals surface area contributed by atoms with Crippen LogP contribution in [-0.2, 0) is 10.0 Å². The molecular formula is C25H25ClFN3O5S. The molecule has 0 unspecified atom stereocenters. The van der Waals surface area contributed by atoms with Crippen LogP contribution in [0.1, 0.15) is 42.5 Å². The molecule has 1 aliphatic heterocycles. The Morgan fingerprint density at radius 2 is 1.94 bits per heavy atom. The topological polar surface area (TPSA) is 104 Å². The van der Waals surface area contributed by atoms with E-state index in [1.807, 2.05) is 0 Å². The number of benzene rings is 2. The minimum atomic E-state index is -3.99. The summed E-state index contributed by atoms with van der Waals surface area (Å²) in [6, 6.07) is 6.42. The van der Waals surface area contributed by atoms with Crippen molar-refractivity contribution in [2.45, 2.75) is 43.0 Å². The molecule has 1 atom stereocenters. The molecule has 1 N–H and O–H groups in total. The maximum absolute atomic E-state index is 14.0. The Morgan fingerprint density at radius 3 is 2.61 bits per heavy atom. The predicted molar refractivity (Wildman–Crippen MR) is 133 cm³/mol. The second kappa shape index (κ2) is 9.49. The number of carboxylic acid groups (broad SMARTS) is 1. The standard InChI is InChI=1S/C25H25ClFN3O5S/c1-29-22(15-5-3-2-4-6-15)14-30(25-28-9-10-35-25)21-13-19(26)17(12-23(21)36(29,33)34)16-7-8-20(27)18(11-16)24(31)32/h7-13,15,22H,2-6,14H2,1H3,(H,31,32)/t22-/m0/s1. The quantitative estimate of drug-likeness (QED) is 0.468. The molecule has 1 aliphatic carbocycles. The molecule has 190 valence electrons. The molecule has 1 saturated carbocycles. The van der Waals surface area contributed by atoms with Gasteiger partial charge < -0.3 is 9.52 Å². The molecule has 2 heterocycles. The van der Waals surface area contributed by atoms with Gasteiger partial charge in [-0.05, 0) is 48.6 Å². The van der Waals surface area contributed by atoms with Crippen molar-refractivity contribution in [2.75, 3.05) is 18.5 Å². The van der Waals surface area contributed by atoms with Crippen molar-refractivity contribution in [1.29, 1.82) is 0 Å². The molecule has 8 nitrogen and oxygen atoms in total. The summed E-state index contributed by atoms with van der Waals surface area (Å²) in [6.07, 6.45) is 8.02. The molecule has 0 radical (unpaired) electrons. The Bertz CT molecular complexity index is 1410. The van der Waals surface area contributed by atoms with Crippen LogP contribution in [0, 0.1) is 11.7 Å². The van der Waals surface area contributed by atoms with E-state index in [1.165, 1.54) is 35.0 Å². The first-order valence-electron chi connectivity index (χ1n) is 11.7. The largest absolute Gasteiger partial charge is 0.478 e. The molecule has 1 aromatic heterocycles. The third-order valence-electron chi connectivity index (χ3n) is 7.19. The van der Waals surface area contributed by atoms with Crippen LogP contribution in [0.4, 0.5) is 16.1 Å². The number of hydrogen-bond acceptors (Lipinski definition) is 6. The molecule has 2 aromatic carbocycles. The molecular weight excluding hydrogens is 509 g/mol. The van der Waals surface area contributed by atoms with Crippen molar-refractivity contribution in [1.82, 2.24) is 9.29 Å². The van der Waals surface area contributed by atoms with Gasteiger partial charge in [0.15, 0.2) is 0 Å². The van der Waals surface area contributed by atoms with E-state index in [0.717, 1.165) is 44.2 Å². The first kappa shape index (κ1) is 24.7. The van der Waals surface area contributed by atoms with Crippen LogP contribution in [0.3, 0.4) is 0 Å². The Balaban J connectivity index is 1.70. The van der Waals surface area contributed by atoms with Crippen LogP contribution >= 0.6 is 11.6 Å². The molecule has 36 heavy (non-hydrogen) atoms. The monoisotopic (exact) mass is 533 g/mol. The van der Waals surface area contributed by atoms with Gasteiger partial charge in [0.05, 0.1) is 22.5 Å². The number of carbonyl (C=O) groups is 1. The average molecular weight is 534 g/mol. The smallest absolute Gasteiger partial charge is 0.338 e. The van der Waals surface area contributed by atoms with Crippen LogP contribution in [0.5, 0.6) is 0 Å². The molecule has 2 aliphatic rings. The summed E-state index contributed by atoms with van der Waals surface area (Å²) in [5, 5.41) is 9.53. The zero-order valence-corrected chi connectivity index (χ0v) is 21.1. The lowest BCUT2D eigenvalue weighted by atomic mass is 9.83. The molecule has 1 fully saturated rings. The fourth-order valence-electron chi connectivity index (χ4n) is 5.27. The summed E-state index contributed by atoms with van der Waals surface area (Å²) in [6.45, 7) is 0.337. The highest BCUT2D eigenvalue weighted by molar-refractivity contribution is 7.89. The Hall–Kier alpha value is -2.95. The number of likely N-dealkylation sites (N-methyl/N-ethyl adjacent to an activating group) is 1. The summed E-state index contributed by atoms with van der Waals surface area (Å²) >= 11 is 6.63. The molecule has 0 saturated heterocycles. The van der Waals surface area contributed by atoms with Crippen LogP contribution in [0.15, 0.2) is 52.1 Å². The summed E-state index contributed by atoms with van der Waals surface area (Å²) < 4.78 is 49.0. The lowest BCUT2D eigenvalue weighted by molar-refractivity contribution is 0.0692. The summed E-state index contributed by atoms with van der Waals surface area (Å²) in [4.78, 5) is 17.5. The maximum Gasteiger partial charge on any atom is 0.338 e. The maximum atomic E-state index is 14.0. The van der Waals surface area contributed by atoms with E-state index in [0.29, 0.717) is 12.2 Å². The second-order valence-corrected chi connectivity index (χ2v) is 11.6. The number of fused-ring (bicyclic) bond motifs is 1. The fraction of sp³-hybridized carbons (Fsp3) is 0.360. The van der Waals surface area contributed by atoms with Crippen molar-refractivity contribution < 1.29 is 27.1 Å². The number of carboxylic acids is 1. The van der Waals surface area contributed by atoms with Crippen molar-refractivity contribution in [3.63, 3.8) is 0 Å². The number of aromatic nitrogens is 1. The minimum absolute atomic E-state index is 0.0119. The van der Waals surface area contributed by atoms with E-state index in [2.05, 4.69) is 4.98 Å². The average Bonchev–Trinajstić information content (AvgIpc) is 3.37. The van der Waals surface area contributed by atoms with Crippen molar-refractivity contribution >= 4 is 39.3 Å². The summed E-state index contributed by atoms with van der Waals surface area (Å²) in [5.41, 5.74) is 0.350. The number of aromatic carboxylic acids is 1. The predicted octanol–water partition coefficient (Wildman–Crippen LogP) is 5.55. The highest BCUT2D eigenvalue weighted by Crippen LogP contribution is 2.44. The molecule has 5 rings (SSSR count). The molecule has 11 heteroatoms. The normalized spacial score (nSPS) is 20.6. The SMILES string of the molecule is CN1[C@H](C2CCCCC2)CN(c2ncco2)c2cc(Cl)c(-c3ccc(F)c(C(=O)O)c3)cc2S1(=O)=O. The van der Waals surface area contributed by atoms with Crippen LogP contribution in [0.25, 0.3) is 11.1 Å².